The summed E-state index contributed by atoms with van der Waals surface area (Å²) in [6.45, 7) is 6.28. The van der Waals surface area contributed by atoms with Gasteiger partial charge in [-0.1, -0.05) is 12.1 Å². The molecule has 0 fully saturated rings. The van der Waals surface area contributed by atoms with Gasteiger partial charge in [-0.3, -0.25) is 0 Å². The number of guanidine groups is 1. The quantitative estimate of drug-likeness (QED) is 0.552. The molecule has 0 atom stereocenters. The van der Waals surface area contributed by atoms with Crippen molar-refractivity contribution in [1.29, 1.82) is 0 Å². The van der Waals surface area contributed by atoms with Gasteiger partial charge in [0.25, 0.3) is 0 Å². The predicted octanol–water partition coefficient (Wildman–Crippen LogP) is 3.11. The molecule has 0 saturated heterocycles. The van der Waals surface area contributed by atoms with Gasteiger partial charge in [-0.15, -0.1) is 0 Å². The van der Waals surface area contributed by atoms with Crippen LogP contribution >= 0.6 is 0 Å². The van der Waals surface area contributed by atoms with Crippen LogP contribution in [0.5, 0.6) is 5.75 Å². The third-order valence-electron chi connectivity index (χ3n) is 3.32. The second kappa shape index (κ2) is 9.50. The molecule has 0 aliphatic rings. The third kappa shape index (κ3) is 9.19. The van der Waals surface area contributed by atoms with E-state index in [1.807, 2.05) is 20.8 Å². The molecule has 0 spiro atoms. The highest BCUT2D eigenvalue weighted by molar-refractivity contribution is 5.79. The van der Waals surface area contributed by atoms with Crippen molar-refractivity contribution in [3.05, 3.63) is 29.8 Å². The minimum atomic E-state index is -4.34. The largest absolute Gasteiger partial charge is 0.484 e. The lowest BCUT2D eigenvalue weighted by Gasteiger charge is -2.24. The number of benzene rings is 1. The molecule has 5 nitrogen and oxygen atoms in total. The van der Waals surface area contributed by atoms with Crippen molar-refractivity contribution in [3.63, 3.8) is 0 Å². The first-order valence-electron chi connectivity index (χ1n) is 8.01. The van der Waals surface area contributed by atoms with E-state index in [-0.39, 0.29) is 11.4 Å². The van der Waals surface area contributed by atoms with Gasteiger partial charge in [0.05, 0.1) is 12.1 Å². The van der Waals surface area contributed by atoms with E-state index < -0.39 is 12.8 Å². The molecule has 25 heavy (non-hydrogen) atoms. The van der Waals surface area contributed by atoms with Crippen molar-refractivity contribution in [3.8, 4) is 5.75 Å². The molecule has 8 heteroatoms. The van der Waals surface area contributed by atoms with Gasteiger partial charge in [0.1, 0.15) is 5.75 Å². The number of nitrogens with zero attached hydrogens (tertiary/aromatic N) is 1. The Balaban J connectivity index is 2.60. The van der Waals surface area contributed by atoms with E-state index in [0.717, 1.165) is 5.56 Å². The zero-order valence-corrected chi connectivity index (χ0v) is 15.0. The van der Waals surface area contributed by atoms with Gasteiger partial charge >= 0.3 is 6.18 Å². The van der Waals surface area contributed by atoms with Crippen LogP contribution in [0.4, 0.5) is 13.2 Å². The molecule has 142 valence electrons. The highest BCUT2D eigenvalue weighted by atomic mass is 19.4. The highest BCUT2D eigenvalue weighted by Crippen LogP contribution is 2.19. The van der Waals surface area contributed by atoms with Crippen molar-refractivity contribution < 1.29 is 22.6 Å². The summed E-state index contributed by atoms with van der Waals surface area (Å²) in [5.74, 6) is 0.821. The summed E-state index contributed by atoms with van der Waals surface area (Å²) >= 11 is 0. The van der Waals surface area contributed by atoms with Gasteiger partial charge in [-0.25, -0.2) is 4.99 Å². The number of hydrogen-bond acceptors (Lipinski definition) is 3. The first-order chi connectivity index (χ1) is 11.6. The molecule has 0 amide bonds. The number of ether oxygens (including phenoxy) is 2. The lowest BCUT2D eigenvalue weighted by atomic mass is 10.1. The summed E-state index contributed by atoms with van der Waals surface area (Å²) < 4.78 is 46.4. The Morgan fingerprint density at radius 2 is 1.76 bits per heavy atom. The predicted molar refractivity (Wildman–Crippen MR) is 91.9 cm³/mol. The van der Waals surface area contributed by atoms with Gasteiger partial charge in [-0.05, 0) is 38.5 Å². The minimum absolute atomic E-state index is 0.178. The van der Waals surface area contributed by atoms with Crippen LogP contribution in [0.3, 0.4) is 0 Å². The lowest BCUT2D eigenvalue weighted by Crippen LogP contribution is -2.45. The summed E-state index contributed by atoms with van der Waals surface area (Å²) in [6.07, 6.45) is -4.34. The average molecular weight is 361 g/mol. The lowest BCUT2D eigenvalue weighted by molar-refractivity contribution is -0.153. The van der Waals surface area contributed by atoms with E-state index in [1.165, 1.54) is 12.1 Å². The van der Waals surface area contributed by atoms with E-state index in [0.29, 0.717) is 25.6 Å². The van der Waals surface area contributed by atoms with Crippen molar-refractivity contribution in [2.45, 2.75) is 39.1 Å². The van der Waals surface area contributed by atoms with Gasteiger partial charge in [0, 0.05) is 20.2 Å². The van der Waals surface area contributed by atoms with Crippen molar-refractivity contribution in [2.75, 3.05) is 26.8 Å². The SMILES string of the molecule is CCNC(=NCc1ccc(OCC(F)(F)F)cc1)NCC(C)(C)OC. The van der Waals surface area contributed by atoms with Crippen LogP contribution in [0.2, 0.25) is 0 Å². The van der Waals surface area contributed by atoms with E-state index in [1.54, 1.807) is 19.2 Å². The fourth-order valence-electron chi connectivity index (χ4n) is 1.74. The van der Waals surface area contributed by atoms with Crippen LogP contribution in [0.1, 0.15) is 26.3 Å². The van der Waals surface area contributed by atoms with E-state index in [9.17, 15) is 13.2 Å². The van der Waals surface area contributed by atoms with Gasteiger partial charge in [-0.2, -0.15) is 13.2 Å². The first-order valence-corrected chi connectivity index (χ1v) is 8.01. The molecule has 2 N–H and O–H groups in total. The van der Waals surface area contributed by atoms with Gasteiger partial charge < -0.3 is 20.1 Å². The van der Waals surface area contributed by atoms with E-state index >= 15 is 0 Å². The highest BCUT2D eigenvalue weighted by Gasteiger charge is 2.28. The van der Waals surface area contributed by atoms with E-state index in [4.69, 9.17) is 4.74 Å². The molecular weight excluding hydrogens is 335 g/mol. The van der Waals surface area contributed by atoms with Crippen LogP contribution < -0.4 is 15.4 Å². The number of rotatable bonds is 8. The molecule has 0 radical (unpaired) electrons. The molecule has 0 aromatic heterocycles. The van der Waals surface area contributed by atoms with Crippen LogP contribution in [0.15, 0.2) is 29.3 Å². The first kappa shape index (κ1) is 21.1. The molecule has 0 heterocycles. The topological polar surface area (TPSA) is 54.9 Å². The van der Waals surface area contributed by atoms with Crippen molar-refractivity contribution >= 4 is 5.96 Å². The molecular formula is C17H26F3N3O2. The normalized spacial score (nSPS) is 12.8. The van der Waals surface area contributed by atoms with Crippen LogP contribution in [-0.4, -0.2) is 44.5 Å². The second-order valence-electron chi connectivity index (χ2n) is 6.06. The third-order valence-corrected chi connectivity index (χ3v) is 3.32. The summed E-state index contributed by atoms with van der Waals surface area (Å²) in [5.41, 5.74) is 0.538. The Bertz CT molecular complexity index is 543. The molecule has 0 unspecified atom stereocenters. The maximum atomic E-state index is 12.1. The molecule has 1 aromatic carbocycles. The fraction of sp³-hybridized carbons (Fsp3) is 0.588. The van der Waals surface area contributed by atoms with Crippen LogP contribution in [-0.2, 0) is 11.3 Å². The Morgan fingerprint density at radius 1 is 1.12 bits per heavy atom. The zero-order valence-electron chi connectivity index (χ0n) is 15.0. The number of aliphatic imine (C=N–C) groups is 1. The number of alkyl halides is 3. The second-order valence-corrected chi connectivity index (χ2v) is 6.06. The van der Waals surface area contributed by atoms with Crippen LogP contribution in [0.25, 0.3) is 0 Å². The number of nitrogens with one attached hydrogen (secondary N) is 2. The maximum absolute atomic E-state index is 12.1. The summed E-state index contributed by atoms with van der Waals surface area (Å²) in [5, 5.41) is 6.33. The zero-order chi connectivity index (χ0) is 18.9. The molecule has 0 aliphatic carbocycles. The smallest absolute Gasteiger partial charge is 0.422 e. The van der Waals surface area contributed by atoms with Crippen molar-refractivity contribution in [1.82, 2.24) is 10.6 Å². The molecule has 0 aliphatic heterocycles. The monoisotopic (exact) mass is 361 g/mol. The molecule has 0 saturated carbocycles. The minimum Gasteiger partial charge on any atom is -0.484 e. The standard InChI is InChI=1S/C17H26F3N3O2/c1-5-21-15(23-11-16(2,3)24-4)22-10-13-6-8-14(9-7-13)25-12-17(18,19)20/h6-9H,5,10-12H2,1-4H3,(H2,21,22,23). The maximum Gasteiger partial charge on any atom is 0.422 e. The Kier molecular flexibility index (Phi) is 8.02. The molecule has 1 aromatic rings. The number of halogens is 3. The van der Waals surface area contributed by atoms with Gasteiger partial charge in [0.2, 0.25) is 0 Å². The fourth-order valence-corrected chi connectivity index (χ4v) is 1.74. The Morgan fingerprint density at radius 3 is 2.28 bits per heavy atom. The van der Waals surface area contributed by atoms with Crippen LogP contribution in [0, 0.1) is 0 Å². The Labute approximate surface area is 146 Å². The Hall–Kier alpha value is -1.96. The number of methoxy groups -OCH3 is 1. The van der Waals surface area contributed by atoms with Crippen molar-refractivity contribution in [2.24, 2.45) is 4.99 Å². The molecule has 1 rings (SSSR count). The summed E-state index contributed by atoms with van der Waals surface area (Å²) in [7, 11) is 1.65. The molecule has 0 bridgehead atoms. The summed E-state index contributed by atoms with van der Waals surface area (Å²) in [4.78, 5) is 4.45. The van der Waals surface area contributed by atoms with E-state index in [2.05, 4.69) is 20.4 Å². The average Bonchev–Trinajstić information content (AvgIpc) is 2.56. The number of hydrogen-bond donors (Lipinski definition) is 2. The van der Waals surface area contributed by atoms with Gasteiger partial charge in [0.15, 0.2) is 12.6 Å². The summed E-state index contributed by atoms with van der Waals surface area (Å²) in [6, 6.07) is 6.39.